The van der Waals surface area contributed by atoms with Gasteiger partial charge in [-0.2, -0.15) is 0 Å². The average Bonchev–Trinajstić information content (AvgIpc) is 3.41. The highest BCUT2D eigenvalue weighted by Gasteiger charge is 2.75. The van der Waals surface area contributed by atoms with Crippen molar-refractivity contribution >= 4 is 17.8 Å². The van der Waals surface area contributed by atoms with Gasteiger partial charge in [-0.3, -0.25) is 14.4 Å². The molecule has 0 saturated carbocycles. The van der Waals surface area contributed by atoms with Gasteiger partial charge in [-0.25, -0.2) is 0 Å². The maximum absolute atomic E-state index is 14.1. The minimum absolute atomic E-state index is 0.0300. The highest BCUT2D eigenvalue weighted by Crippen LogP contribution is 2.59. The minimum Gasteiger partial charge on any atom is -0.466 e. The maximum atomic E-state index is 14.1. The lowest BCUT2D eigenvalue weighted by Crippen LogP contribution is -2.60. The second kappa shape index (κ2) is 9.45. The van der Waals surface area contributed by atoms with E-state index in [4.69, 9.17) is 9.47 Å². The predicted octanol–water partition coefficient (Wildman–Crippen LogP) is 2.99. The summed E-state index contributed by atoms with van der Waals surface area (Å²) >= 11 is 0. The number of likely N-dealkylation sites (tertiary alicyclic amines) is 1. The van der Waals surface area contributed by atoms with Crippen LogP contribution in [0.15, 0.2) is 30.3 Å². The SMILES string of the molecule is CCOC(=O)[C@@H]1[C@@H]2CCC3(O2)C(C(=O)NC(C)(C)CC(C)(C)C)N([C@H](CO)c2ccccc2)C(=O)[C@H]13. The summed E-state index contributed by atoms with van der Waals surface area (Å²) < 4.78 is 11.8. The summed E-state index contributed by atoms with van der Waals surface area (Å²) in [6.07, 6.45) is 1.33. The topological polar surface area (TPSA) is 105 Å². The number of carbonyl (C=O) groups is 3. The molecule has 2 amide bonds. The van der Waals surface area contributed by atoms with Gasteiger partial charge in [0, 0.05) is 5.54 Å². The molecule has 2 N–H and O–H groups in total. The Morgan fingerprint density at radius 1 is 1.22 bits per heavy atom. The number of nitrogens with one attached hydrogen (secondary N) is 1. The second-order valence-electron chi connectivity index (χ2n) is 12.3. The standard InChI is InChI=1S/C28H40N2O6/c1-7-35-25(34)20-19-13-14-28(36-19)21(20)24(33)30(18(15-31)17-11-9-8-10-12-17)22(28)23(32)29-27(5,6)16-26(2,3)4/h8-12,18-22,31H,7,13-16H2,1-6H3,(H,29,32)/t18-,19+,20-,21+,22?,28?/m1/s1. The van der Waals surface area contributed by atoms with Gasteiger partial charge in [-0.1, -0.05) is 51.1 Å². The molecule has 0 aliphatic carbocycles. The number of carbonyl (C=O) groups excluding carboxylic acids is 3. The van der Waals surface area contributed by atoms with E-state index in [-0.39, 0.29) is 30.4 Å². The smallest absolute Gasteiger partial charge is 0.312 e. The molecule has 36 heavy (non-hydrogen) atoms. The van der Waals surface area contributed by atoms with Crippen LogP contribution in [0, 0.1) is 17.3 Å². The summed E-state index contributed by atoms with van der Waals surface area (Å²) in [7, 11) is 0. The number of nitrogens with zero attached hydrogens (tertiary/aromatic N) is 1. The van der Waals surface area contributed by atoms with E-state index < -0.39 is 47.1 Å². The third-order valence-corrected chi connectivity index (χ3v) is 7.67. The number of hydrogen-bond donors (Lipinski definition) is 2. The summed E-state index contributed by atoms with van der Waals surface area (Å²) in [5, 5.41) is 13.7. The fourth-order valence-electron chi connectivity index (χ4n) is 7.03. The quantitative estimate of drug-likeness (QED) is 0.532. The van der Waals surface area contributed by atoms with E-state index in [0.29, 0.717) is 12.8 Å². The molecule has 198 valence electrons. The van der Waals surface area contributed by atoms with Crippen LogP contribution in [0.5, 0.6) is 0 Å². The first-order chi connectivity index (χ1) is 16.8. The lowest BCUT2D eigenvalue weighted by atomic mass is 9.70. The van der Waals surface area contributed by atoms with Crippen LogP contribution < -0.4 is 5.32 Å². The molecule has 3 fully saturated rings. The van der Waals surface area contributed by atoms with Crippen molar-refractivity contribution in [2.75, 3.05) is 13.2 Å². The summed E-state index contributed by atoms with van der Waals surface area (Å²) in [6.45, 7) is 11.9. The van der Waals surface area contributed by atoms with Crippen molar-refractivity contribution in [1.82, 2.24) is 10.2 Å². The Balaban J connectivity index is 1.77. The first kappa shape index (κ1) is 26.6. The van der Waals surface area contributed by atoms with Gasteiger partial charge >= 0.3 is 5.97 Å². The Morgan fingerprint density at radius 2 is 1.89 bits per heavy atom. The molecule has 3 saturated heterocycles. The molecule has 0 aromatic heterocycles. The number of hydrogen-bond acceptors (Lipinski definition) is 6. The van der Waals surface area contributed by atoms with Crippen molar-refractivity contribution in [1.29, 1.82) is 0 Å². The third-order valence-electron chi connectivity index (χ3n) is 7.67. The van der Waals surface area contributed by atoms with Crippen molar-refractivity contribution < 1.29 is 29.0 Å². The summed E-state index contributed by atoms with van der Waals surface area (Å²) in [5.74, 6) is -2.71. The molecule has 2 bridgehead atoms. The molecule has 8 nitrogen and oxygen atoms in total. The molecule has 1 aromatic rings. The Morgan fingerprint density at radius 3 is 2.47 bits per heavy atom. The van der Waals surface area contributed by atoms with E-state index in [1.54, 1.807) is 6.92 Å². The van der Waals surface area contributed by atoms with E-state index in [1.165, 1.54) is 4.90 Å². The van der Waals surface area contributed by atoms with Crippen molar-refractivity contribution in [3.8, 4) is 0 Å². The summed E-state index contributed by atoms with van der Waals surface area (Å²) in [4.78, 5) is 42.7. The van der Waals surface area contributed by atoms with Gasteiger partial charge in [0.1, 0.15) is 11.6 Å². The molecule has 6 atom stereocenters. The van der Waals surface area contributed by atoms with Crippen LogP contribution in [0.2, 0.25) is 0 Å². The van der Waals surface area contributed by atoms with E-state index in [1.807, 2.05) is 44.2 Å². The number of amides is 2. The molecular formula is C28H40N2O6. The van der Waals surface area contributed by atoms with Crippen LogP contribution in [-0.2, 0) is 23.9 Å². The Bertz CT molecular complexity index is 1000. The van der Waals surface area contributed by atoms with Crippen molar-refractivity contribution in [2.45, 2.75) is 90.1 Å². The monoisotopic (exact) mass is 500 g/mol. The van der Waals surface area contributed by atoms with Crippen LogP contribution in [0.1, 0.15) is 72.4 Å². The molecule has 3 aliphatic heterocycles. The molecule has 2 unspecified atom stereocenters. The van der Waals surface area contributed by atoms with Gasteiger partial charge < -0.3 is 24.8 Å². The van der Waals surface area contributed by atoms with E-state index in [2.05, 4.69) is 26.1 Å². The Labute approximate surface area is 213 Å². The van der Waals surface area contributed by atoms with Crippen LogP contribution in [0.3, 0.4) is 0 Å². The van der Waals surface area contributed by atoms with Crippen LogP contribution >= 0.6 is 0 Å². The molecule has 4 rings (SSSR count). The lowest BCUT2D eigenvalue weighted by Gasteiger charge is -2.40. The largest absolute Gasteiger partial charge is 0.466 e. The van der Waals surface area contributed by atoms with E-state index >= 15 is 0 Å². The molecule has 3 heterocycles. The Kier molecular flexibility index (Phi) is 6.99. The predicted molar refractivity (Wildman–Crippen MR) is 134 cm³/mol. The first-order valence-electron chi connectivity index (χ1n) is 13.0. The average molecular weight is 501 g/mol. The highest BCUT2D eigenvalue weighted by molar-refractivity contribution is 5.98. The number of rotatable bonds is 8. The zero-order valence-electron chi connectivity index (χ0n) is 22.2. The summed E-state index contributed by atoms with van der Waals surface area (Å²) in [5.41, 5.74) is -0.989. The van der Waals surface area contributed by atoms with E-state index in [9.17, 15) is 19.5 Å². The molecule has 1 spiro atoms. The normalized spacial score (nSPS) is 30.3. The fraction of sp³-hybridized carbons (Fsp3) is 0.679. The van der Waals surface area contributed by atoms with Gasteiger partial charge in [0.05, 0.1) is 37.2 Å². The second-order valence-corrected chi connectivity index (χ2v) is 12.3. The lowest BCUT2D eigenvalue weighted by molar-refractivity contribution is -0.155. The van der Waals surface area contributed by atoms with Crippen LogP contribution in [0.25, 0.3) is 0 Å². The van der Waals surface area contributed by atoms with Gasteiger partial charge in [0.25, 0.3) is 0 Å². The number of aliphatic hydroxyl groups excluding tert-OH is 1. The fourth-order valence-corrected chi connectivity index (χ4v) is 7.03. The molecule has 0 radical (unpaired) electrons. The molecule has 1 aromatic carbocycles. The Hall–Kier alpha value is -2.45. The first-order valence-corrected chi connectivity index (χ1v) is 13.0. The number of ether oxygens (including phenoxy) is 2. The molecule has 3 aliphatic rings. The van der Waals surface area contributed by atoms with Crippen LogP contribution in [0.4, 0.5) is 0 Å². The summed E-state index contributed by atoms with van der Waals surface area (Å²) in [6, 6.07) is 7.48. The van der Waals surface area contributed by atoms with Crippen LogP contribution in [-0.4, -0.2) is 64.3 Å². The number of fused-ring (bicyclic) bond motifs is 1. The van der Waals surface area contributed by atoms with Crippen molar-refractivity contribution in [2.24, 2.45) is 17.3 Å². The zero-order chi connectivity index (χ0) is 26.5. The molecule has 8 heteroatoms. The number of aliphatic hydroxyl groups is 1. The number of esters is 1. The van der Waals surface area contributed by atoms with Gasteiger partial charge in [-0.15, -0.1) is 0 Å². The number of benzene rings is 1. The molecular weight excluding hydrogens is 460 g/mol. The maximum Gasteiger partial charge on any atom is 0.312 e. The third kappa shape index (κ3) is 4.54. The minimum atomic E-state index is -1.14. The van der Waals surface area contributed by atoms with E-state index in [0.717, 1.165) is 12.0 Å². The van der Waals surface area contributed by atoms with Gasteiger partial charge in [0.2, 0.25) is 11.8 Å². The highest BCUT2D eigenvalue weighted by atomic mass is 16.6. The zero-order valence-corrected chi connectivity index (χ0v) is 22.2. The van der Waals surface area contributed by atoms with Crippen molar-refractivity contribution in [3.63, 3.8) is 0 Å². The van der Waals surface area contributed by atoms with Gasteiger partial charge in [0.15, 0.2) is 0 Å². The van der Waals surface area contributed by atoms with Gasteiger partial charge in [-0.05, 0) is 51.0 Å². The van der Waals surface area contributed by atoms with Crippen molar-refractivity contribution in [3.05, 3.63) is 35.9 Å².